The van der Waals surface area contributed by atoms with Gasteiger partial charge in [0.15, 0.2) is 22.9 Å². The molecule has 33 heavy (non-hydrogen) atoms. The number of nitrogens with one attached hydrogen (secondary N) is 1. The van der Waals surface area contributed by atoms with E-state index in [1.807, 2.05) is 11.5 Å². The zero-order valence-corrected chi connectivity index (χ0v) is 19.1. The van der Waals surface area contributed by atoms with Crippen molar-refractivity contribution < 1.29 is 23.8 Å². The van der Waals surface area contributed by atoms with E-state index in [0.29, 0.717) is 46.8 Å². The average molecular weight is 475 g/mol. The summed E-state index contributed by atoms with van der Waals surface area (Å²) in [5, 5.41) is 13.8. The third-order valence-corrected chi connectivity index (χ3v) is 6.06. The number of aliphatic hydroxyl groups excluding tert-OH is 1. The third kappa shape index (κ3) is 4.71. The van der Waals surface area contributed by atoms with E-state index in [2.05, 4.69) is 19.7 Å². The Morgan fingerprint density at radius 1 is 1.30 bits per heavy atom. The molecule has 174 valence electrons. The number of imidazole rings is 1. The molecule has 10 nitrogen and oxygen atoms in total. The molecule has 1 aromatic carbocycles. The lowest BCUT2D eigenvalue weighted by molar-refractivity contribution is -0.143. The quantitative estimate of drug-likeness (QED) is 0.412. The Kier molecular flexibility index (Phi) is 6.38. The first kappa shape index (κ1) is 22.8. The maximum atomic E-state index is 13.3. The number of hydrogen-bond acceptors (Lipinski definition) is 9. The van der Waals surface area contributed by atoms with Crippen molar-refractivity contribution >= 4 is 29.2 Å². The summed E-state index contributed by atoms with van der Waals surface area (Å²) in [6.45, 7) is 5.47. The van der Waals surface area contributed by atoms with Gasteiger partial charge in [-0.15, -0.1) is 0 Å². The number of carbonyl (C=O) groups is 2. The Morgan fingerprint density at radius 3 is 2.67 bits per heavy atom. The molecule has 3 aromatic rings. The Bertz CT molecular complexity index is 1180. The van der Waals surface area contributed by atoms with Crippen LogP contribution >= 0.6 is 11.5 Å². The number of rotatable bonds is 6. The van der Waals surface area contributed by atoms with E-state index >= 15 is 0 Å². The summed E-state index contributed by atoms with van der Waals surface area (Å²) >= 11 is 1.21. The van der Waals surface area contributed by atoms with Crippen LogP contribution in [0.1, 0.15) is 41.8 Å². The van der Waals surface area contributed by atoms with Crippen molar-refractivity contribution in [2.45, 2.75) is 39.6 Å². The molecular weight excluding hydrogens is 451 g/mol. The van der Waals surface area contributed by atoms with Crippen LogP contribution in [0.2, 0.25) is 0 Å². The highest BCUT2D eigenvalue weighted by Crippen LogP contribution is 2.37. The number of aliphatic hydroxyl groups is 1. The summed E-state index contributed by atoms with van der Waals surface area (Å²) in [6.07, 6.45) is -1.20. The Morgan fingerprint density at radius 2 is 2.03 bits per heavy atom. The molecule has 2 aromatic heterocycles. The second kappa shape index (κ2) is 9.24. The van der Waals surface area contributed by atoms with Crippen LogP contribution in [0.25, 0.3) is 10.8 Å². The maximum Gasteiger partial charge on any atom is 0.302 e. The van der Waals surface area contributed by atoms with Gasteiger partial charge in [0, 0.05) is 25.6 Å². The van der Waals surface area contributed by atoms with E-state index in [1.165, 1.54) is 42.7 Å². The fourth-order valence-electron chi connectivity index (χ4n) is 3.75. The molecule has 0 saturated carbocycles. The lowest BCUT2D eigenvalue weighted by Gasteiger charge is -2.35. The van der Waals surface area contributed by atoms with Crippen LogP contribution in [0, 0.1) is 12.7 Å². The highest BCUT2D eigenvalue weighted by atomic mass is 32.1. The molecule has 3 heterocycles. The van der Waals surface area contributed by atoms with Crippen LogP contribution in [-0.2, 0) is 16.1 Å². The van der Waals surface area contributed by atoms with E-state index in [9.17, 15) is 19.1 Å². The molecule has 0 fully saturated rings. The average Bonchev–Trinajstić information content (AvgIpc) is 3.36. The number of halogens is 1. The molecular formula is C21H23FN6O4S. The van der Waals surface area contributed by atoms with E-state index in [0.717, 1.165) is 0 Å². The predicted octanol–water partition coefficient (Wildman–Crippen LogP) is 2.36. The van der Waals surface area contributed by atoms with Gasteiger partial charge in [-0.2, -0.15) is 4.37 Å². The molecule has 2 N–H and O–H groups in total. The summed E-state index contributed by atoms with van der Waals surface area (Å²) in [5.41, 5.74) is 1.04. The smallest absolute Gasteiger partial charge is 0.302 e. The molecule has 1 aliphatic rings. The first-order chi connectivity index (χ1) is 15.7. The molecule has 0 radical (unpaired) electrons. The van der Waals surface area contributed by atoms with Gasteiger partial charge >= 0.3 is 5.97 Å². The minimum atomic E-state index is -1.20. The number of aromatic nitrogens is 4. The second-order valence-electron chi connectivity index (χ2n) is 7.61. The topological polar surface area (TPSA) is 122 Å². The Labute approximate surface area is 193 Å². The standard InChI is InChI=1S/C21H23FN6O4S/c1-11-17-18(24-16(30)10-32-13(3)29)25-19(20-23-12(2)26-33-20)28(17)9-8-27(11)21(31)14-4-6-15(22)7-5-14/h4-7,11,16,24,30H,8-10H2,1-3H3. The first-order valence-corrected chi connectivity index (χ1v) is 11.1. The summed E-state index contributed by atoms with van der Waals surface area (Å²) < 4.78 is 24.3. The van der Waals surface area contributed by atoms with Crippen LogP contribution in [0.5, 0.6) is 0 Å². The van der Waals surface area contributed by atoms with Gasteiger partial charge in [0.25, 0.3) is 5.91 Å². The fraction of sp³-hybridized carbons (Fsp3) is 0.381. The summed E-state index contributed by atoms with van der Waals surface area (Å²) in [6, 6.07) is 4.98. The highest BCUT2D eigenvalue weighted by molar-refractivity contribution is 7.09. The van der Waals surface area contributed by atoms with Gasteiger partial charge in [-0.25, -0.2) is 14.4 Å². The van der Waals surface area contributed by atoms with Crippen molar-refractivity contribution in [3.8, 4) is 10.8 Å². The monoisotopic (exact) mass is 474 g/mol. The number of amides is 1. The zero-order chi connectivity index (χ0) is 23.7. The van der Waals surface area contributed by atoms with Crippen molar-refractivity contribution in [3.63, 3.8) is 0 Å². The van der Waals surface area contributed by atoms with Crippen LogP contribution in [0.15, 0.2) is 24.3 Å². The number of anilines is 1. The largest absolute Gasteiger partial charge is 0.461 e. The Balaban J connectivity index is 1.68. The maximum absolute atomic E-state index is 13.3. The molecule has 2 unspecified atom stereocenters. The van der Waals surface area contributed by atoms with Crippen LogP contribution < -0.4 is 5.32 Å². The van der Waals surface area contributed by atoms with E-state index < -0.39 is 24.1 Å². The van der Waals surface area contributed by atoms with Crippen molar-refractivity contribution in [1.82, 2.24) is 23.8 Å². The van der Waals surface area contributed by atoms with Crippen LogP contribution in [-0.4, -0.2) is 60.2 Å². The van der Waals surface area contributed by atoms with Crippen molar-refractivity contribution in [2.75, 3.05) is 18.5 Å². The van der Waals surface area contributed by atoms with Gasteiger partial charge in [0.2, 0.25) is 0 Å². The van der Waals surface area contributed by atoms with E-state index in [4.69, 9.17) is 4.74 Å². The summed E-state index contributed by atoms with van der Waals surface area (Å²) in [7, 11) is 0. The van der Waals surface area contributed by atoms with Crippen molar-refractivity contribution in [1.29, 1.82) is 0 Å². The lowest BCUT2D eigenvalue weighted by Crippen LogP contribution is -2.41. The Hall–Kier alpha value is -3.38. The second-order valence-corrected chi connectivity index (χ2v) is 8.36. The highest BCUT2D eigenvalue weighted by Gasteiger charge is 2.35. The SMILES string of the molecule is CC(=O)OCC(O)Nc1nc(-c2nc(C)ns2)n2c1C(C)N(C(=O)c1ccc(F)cc1)CC2. The molecule has 1 amide bonds. The van der Waals surface area contributed by atoms with Gasteiger partial charge < -0.3 is 24.6 Å². The minimum Gasteiger partial charge on any atom is -0.461 e. The van der Waals surface area contributed by atoms with E-state index in [1.54, 1.807) is 11.8 Å². The zero-order valence-electron chi connectivity index (χ0n) is 18.3. The summed E-state index contributed by atoms with van der Waals surface area (Å²) in [5.74, 6) is 0.363. The van der Waals surface area contributed by atoms with Crippen molar-refractivity contribution in [3.05, 3.63) is 47.2 Å². The predicted molar refractivity (Wildman–Crippen MR) is 118 cm³/mol. The number of benzene rings is 1. The number of hydrogen-bond donors (Lipinski definition) is 2. The van der Waals surface area contributed by atoms with Gasteiger partial charge in [-0.1, -0.05) is 0 Å². The molecule has 0 saturated heterocycles. The number of esters is 1. The molecule has 1 aliphatic heterocycles. The molecule has 12 heteroatoms. The molecule has 0 bridgehead atoms. The third-order valence-electron chi connectivity index (χ3n) is 5.25. The summed E-state index contributed by atoms with van der Waals surface area (Å²) in [4.78, 5) is 35.0. The van der Waals surface area contributed by atoms with Gasteiger partial charge in [-0.05, 0) is 49.6 Å². The van der Waals surface area contributed by atoms with Gasteiger partial charge in [-0.3, -0.25) is 9.59 Å². The number of nitrogens with zero attached hydrogens (tertiary/aromatic N) is 5. The normalized spacial score (nSPS) is 16.3. The van der Waals surface area contributed by atoms with Crippen LogP contribution in [0.3, 0.4) is 0 Å². The molecule has 4 rings (SSSR count). The molecule has 2 atom stereocenters. The number of ether oxygens (including phenoxy) is 1. The number of carbonyl (C=O) groups excluding carboxylic acids is 2. The molecule has 0 aliphatic carbocycles. The minimum absolute atomic E-state index is 0.241. The lowest BCUT2D eigenvalue weighted by atomic mass is 10.1. The van der Waals surface area contributed by atoms with Crippen molar-refractivity contribution in [2.24, 2.45) is 0 Å². The number of fused-ring (bicyclic) bond motifs is 1. The number of aryl methyl sites for hydroxylation is 1. The van der Waals surface area contributed by atoms with Crippen LogP contribution in [0.4, 0.5) is 10.2 Å². The first-order valence-electron chi connectivity index (χ1n) is 10.3. The van der Waals surface area contributed by atoms with Gasteiger partial charge in [0.1, 0.15) is 18.2 Å². The van der Waals surface area contributed by atoms with Gasteiger partial charge in [0.05, 0.1) is 11.7 Å². The fourth-order valence-corrected chi connectivity index (χ4v) is 4.42. The molecule has 0 spiro atoms. The van der Waals surface area contributed by atoms with E-state index in [-0.39, 0.29) is 12.5 Å².